The maximum absolute atomic E-state index is 13.5. The number of hydrogen-bond acceptors (Lipinski definition) is 5. The van der Waals surface area contributed by atoms with Crippen molar-refractivity contribution in [3.05, 3.63) is 112 Å². The molecule has 0 amide bonds. The van der Waals surface area contributed by atoms with Gasteiger partial charge in [0, 0.05) is 17.6 Å². The quantitative estimate of drug-likeness (QED) is 0.423. The SMILES string of the molecule is COC(=O)c1ccc(/C=C2\Cc3ccccc3/C(=C\c3ccc(C(=O)OC)cc3)C2=O)cc1. The molecule has 164 valence electrons. The molecule has 0 bridgehead atoms. The Kier molecular flexibility index (Phi) is 6.31. The lowest BCUT2D eigenvalue weighted by Crippen LogP contribution is -2.16. The number of benzene rings is 3. The molecule has 0 aromatic heterocycles. The van der Waals surface area contributed by atoms with Crippen LogP contribution in [-0.2, 0) is 20.7 Å². The smallest absolute Gasteiger partial charge is 0.337 e. The van der Waals surface area contributed by atoms with Crippen molar-refractivity contribution in [2.24, 2.45) is 0 Å². The van der Waals surface area contributed by atoms with E-state index in [2.05, 4.69) is 0 Å². The molecule has 0 fully saturated rings. The van der Waals surface area contributed by atoms with Gasteiger partial charge in [-0.25, -0.2) is 9.59 Å². The predicted molar refractivity (Wildman–Crippen MR) is 127 cm³/mol. The minimum absolute atomic E-state index is 0.0530. The van der Waals surface area contributed by atoms with E-state index in [1.54, 1.807) is 48.5 Å². The van der Waals surface area contributed by atoms with E-state index in [9.17, 15) is 14.4 Å². The van der Waals surface area contributed by atoms with E-state index < -0.39 is 11.9 Å². The van der Waals surface area contributed by atoms with Crippen LogP contribution in [0.2, 0.25) is 0 Å². The molecule has 0 saturated heterocycles. The number of esters is 2. The molecule has 3 aromatic carbocycles. The predicted octanol–water partition coefficient (Wildman–Crippen LogP) is 5.01. The van der Waals surface area contributed by atoms with Gasteiger partial charge in [0.15, 0.2) is 5.78 Å². The van der Waals surface area contributed by atoms with E-state index in [0.717, 1.165) is 22.3 Å². The summed E-state index contributed by atoms with van der Waals surface area (Å²) in [6.45, 7) is 0. The first-order valence-corrected chi connectivity index (χ1v) is 10.4. The topological polar surface area (TPSA) is 69.7 Å². The molecular formula is C28H22O5. The monoisotopic (exact) mass is 438 g/mol. The summed E-state index contributed by atoms with van der Waals surface area (Å²) in [5.74, 6) is -0.861. The average molecular weight is 438 g/mol. The van der Waals surface area contributed by atoms with Gasteiger partial charge in [-0.2, -0.15) is 0 Å². The zero-order valence-electron chi connectivity index (χ0n) is 18.3. The highest BCUT2D eigenvalue weighted by molar-refractivity contribution is 6.35. The number of fused-ring (bicyclic) bond motifs is 1. The molecule has 0 aliphatic heterocycles. The molecule has 0 spiro atoms. The van der Waals surface area contributed by atoms with Gasteiger partial charge in [0.05, 0.1) is 25.3 Å². The Morgan fingerprint density at radius 1 is 0.727 bits per heavy atom. The standard InChI is InChI=1S/C28H22O5/c1-32-27(30)20-11-7-18(8-12-20)15-23-17-22-5-3-4-6-24(22)25(26(23)29)16-19-9-13-21(14-10-19)28(31)33-2/h3-16H,17H2,1-2H3/b23-15+,25-16+. The van der Waals surface area contributed by atoms with Crippen molar-refractivity contribution in [1.29, 1.82) is 0 Å². The number of rotatable bonds is 4. The number of Topliss-reactive ketones (excluding diaryl/α,β-unsaturated/α-hetero) is 1. The Morgan fingerprint density at radius 2 is 1.24 bits per heavy atom. The molecule has 0 heterocycles. The summed E-state index contributed by atoms with van der Waals surface area (Å²) in [5, 5.41) is 0. The van der Waals surface area contributed by atoms with E-state index in [0.29, 0.717) is 28.7 Å². The van der Waals surface area contributed by atoms with Gasteiger partial charge in [-0.15, -0.1) is 0 Å². The fraction of sp³-hybridized carbons (Fsp3) is 0.107. The van der Waals surface area contributed by atoms with Crippen LogP contribution in [0.5, 0.6) is 0 Å². The average Bonchev–Trinajstić information content (AvgIpc) is 2.86. The molecule has 0 unspecified atom stereocenters. The second kappa shape index (κ2) is 9.49. The molecular weight excluding hydrogens is 416 g/mol. The summed E-state index contributed by atoms with van der Waals surface area (Å²) in [7, 11) is 2.68. The van der Waals surface area contributed by atoms with Crippen molar-refractivity contribution in [2.75, 3.05) is 14.2 Å². The van der Waals surface area contributed by atoms with Gasteiger partial charge < -0.3 is 9.47 Å². The molecule has 0 atom stereocenters. The minimum Gasteiger partial charge on any atom is -0.465 e. The van der Waals surface area contributed by atoms with Crippen molar-refractivity contribution >= 4 is 35.4 Å². The van der Waals surface area contributed by atoms with Gasteiger partial charge in [0.2, 0.25) is 0 Å². The highest BCUT2D eigenvalue weighted by Crippen LogP contribution is 2.33. The Bertz CT molecular complexity index is 1280. The van der Waals surface area contributed by atoms with Crippen LogP contribution >= 0.6 is 0 Å². The Labute approximate surface area is 192 Å². The molecule has 33 heavy (non-hydrogen) atoms. The molecule has 1 aliphatic carbocycles. The number of methoxy groups -OCH3 is 2. The summed E-state index contributed by atoms with van der Waals surface area (Å²) in [6, 6.07) is 21.7. The molecule has 0 radical (unpaired) electrons. The number of ketones is 1. The summed E-state index contributed by atoms with van der Waals surface area (Å²) in [4.78, 5) is 36.8. The van der Waals surface area contributed by atoms with E-state index >= 15 is 0 Å². The maximum Gasteiger partial charge on any atom is 0.337 e. The lowest BCUT2D eigenvalue weighted by Gasteiger charge is -2.21. The summed E-state index contributed by atoms with van der Waals surface area (Å²) in [5.41, 5.74) is 5.76. The van der Waals surface area contributed by atoms with Crippen LogP contribution in [0.15, 0.2) is 78.4 Å². The second-order valence-electron chi connectivity index (χ2n) is 7.62. The first kappa shape index (κ1) is 22.0. The van der Waals surface area contributed by atoms with Gasteiger partial charge in [-0.05, 0) is 58.7 Å². The number of carbonyl (C=O) groups excluding carboxylic acids is 3. The van der Waals surface area contributed by atoms with Crippen LogP contribution < -0.4 is 0 Å². The van der Waals surface area contributed by atoms with Crippen molar-refractivity contribution < 1.29 is 23.9 Å². The van der Waals surface area contributed by atoms with Crippen LogP contribution in [0.25, 0.3) is 17.7 Å². The molecule has 4 rings (SSSR count). The first-order valence-electron chi connectivity index (χ1n) is 10.4. The lowest BCUT2D eigenvalue weighted by atomic mass is 9.81. The van der Waals surface area contributed by atoms with Gasteiger partial charge in [-0.3, -0.25) is 4.79 Å². The summed E-state index contributed by atoms with van der Waals surface area (Å²) in [6.07, 6.45) is 4.22. The molecule has 5 heteroatoms. The fourth-order valence-corrected chi connectivity index (χ4v) is 3.81. The highest BCUT2D eigenvalue weighted by atomic mass is 16.5. The van der Waals surface area contributed by atoms with Crippen molar-refractivity contribution in [1.82, 2.24) is 0 Å². The second-order valence-corrected chi connectivity index (χ2v) is 7.62. The van der Waals surface area contributed by atoms with Gasteiger partial charge in [0.25, 0.3) is 0 Å². The number of ether oxygens (including phenoxy) is 2. The van der Waals surface area contributed by atoms with E-state index in [1.165, 1.54) is 14.2 Å². The summed E-state index contributed by atoms with van der Waals surface area (Å²) >= 11 is 0. The number of carbonyl (C=O) groups is 3. The van der Waals surface area contributed by atoms with Gasteiger partial charge in [0.1, 0.15) is 0 Å². The third-order valence-corrected chi connectivity index (χ3v) is 5.54. The van der Waals surface area contributed by atoms with Gasteiger partial charge in [-0.1, -0.05) is 48.5 Å². The third-order valence-electron chi connectivity index (χ3n) is 5.54. The van der Waals surface area contributed by atoms with Crippen molar-refractivity contribution in [2.45, 2.75) is 6.42 Å². The van der Waals surface area contributed by atoms with E-state index in [1.807, 2.05) is 36.4 Å². The zero-order valence-corrected chi connectivity index (χ0v) is 18.3. The summed E-state index contributed by atoms with van der Waals surface area (Å²) < 4.78 is 9.48. The molecule has 5 nitrogen and oxygen atoms in total. The van der Waals surface area contributed by atoms with Crippen LogP contribution in [0.4, 0.5) is 0 Å². The van der Waals surface area contributed by atoms with Crippen LogP contribution in [-0.4, -0.2) is 31.9 Å². The number of allylic oxidation sites excluding steroid dienone is 2. The molecule has 3 aromatic rings. The van der Waals surface area contributed by atoms with E-state index in [-0.39, 0.29) is 5.78 Å². The molecule has 1 aliphatic rings. The molecule has 0 N–H and O–H groups in total. The normalized spacial score (nSPS) is 15.3. The number of hydrogen-bond donors (Lipinski definition) is 0. The highest BCUT2D eigenvalue weighted by Gasteiger charge is 2.25. The fourth-order valence-electron chi connectivity index (χ4n) is 3.81. The maximum atomic E-state index is 13.5. The largest absolute Gasteiger partial charge is 0.465 e. The first-order chi connectivity index (χ1) is 16.0. The third kappa shape index (κ3) is 4.67. The van der Waals surface area contributed by atoms with Crippen molar-refractivity contribution in [3.8, 4) is 0 Å². The van der Waals surface area contributed by atoms with Crippen molar-refractivity contribution in [3.63, 3.8) is 0 Å². The minimum atomic E-state index is -0.406. The Balaban J connectivity index is 1.71. The molecule has 0 saturated carbocycles. The Hall–Kier alpha value is -4.25. The van der Waals surface area contributed by atoms with E-state index in [4.69, 9.17) is 9.47 Å². The zero-order chi connectivity index (χ0) is 23.4. The van der Waals surface area contributed by atoms with Crippen LogP contribution in [0.1, 0.15) is 43.0 Å². The van der Waals surface area contributed by atoms with Crippen LogP contribution in [0, 0.1) is 0 Å². The lowest BCUT2D eigenvalue weighted by molar-refractivity contribution is -0.110. The Morgan fingerprint density at radius 3 is 1.79 bits per heavy atom. The van der Waals surface area contributed by atoms with Crippen LogP contribution in [0.3, 0.4) is 0 Å². The van der Waals surface area contributed by atoms with Gasteiger partial charge >= 0.3 is 11.9 Å².